The SMILES string of the molecule is CN(C)c1cc(C(=O)N2CCCC(CCO)C2)ccn1. The van der Waals surface area contributed by atoms with Gasteiger partial charge in [0.2, 0.25) is 0 Å². The van der Waals surface area contributed by atoms with Crippen LogP contribution in [0.1, 0.15) is 29.6 Å². The molecule has 1 aliphatic heterocycles. The molecule has 0 radical (unpaired) electrons. The number of carbonyl (C=O) groups is 1. The number of piperidine rings is 1. The molecule has 110 valence electrons. The van der Waals surface area contributed by atoms with Gasteiger partial charge in [-0.05, 0) is 37.3 Å². The van der Waals surface area contributed by atoms with Crippen molar-refractivity contribution in [2.75, 3.05) is 38.7 Å². The van der Waals surface area contributed by atoms with Gasteiger partial charge >= 0.3 is 0 Å². The number of aliphatic hydroxyl groups excluding tert-OH is 1. The quantitative estimate of drug-likeness (QED) is 0.903. The van der Waals surface area contributed by atoms with Crippen molar-refractivity contribution in [3.8, 4) is 0 Å². The first-order valence-electron chi connectivity index (χ1n) is 7.15. The summed E-state index contributed by atoms with van der Waals surface area (Å²) in [4.78, 5) is 20.6. The molecule has 1 amide bonds. The van der Waals surface area contributed by atoms with Crippen molar-refractivity contribution in [1.29, 1.82) is 0 Å². The standard InChI is InChI=1S/C15H23N3O2/c1-17(2)14-10-13(5-7-16-14)15(20)18-8-3-4-12(11-18)6-9-19/h5,7,10,12,19H,3-4,6,8-9,11H2,1-2H3. The van der Waals surface area contributed by atoms with Crippen LogP contribution >= 0.6 is 0 Å². The van der Waals surface area contributed by atoms with Crippen LogP contribution in [0.3, 0.4) is 0 Å². The van der Waals surface area contributed by atoms with Gasteiger partial charge in [0.1, 0.15) is 5.82 Å². The molecule has 20 heavy (non-hydrogen) atoms. The summed E-state index contributed by atoms with van der Waals surface area (Å²) in [5.74, 6) is 1.28. The first-order valence-corrected chi connectivity index (χ1v) is 7.15. The molecule has 0 saturated carbocycles. The van der Waals surface area contributed by atoms with Crippen LogP contribution in [0.2, 0.25) is 0 Å². The van der Waals surface area contributed by atoms with E-state index in [1.54, 1.807) is 12.3 Å². The number of anilines is 1. The Balaban J connectivity index is 2.08. The normalized spacial score (nSPS) is 18.9. The predicted octanol–water partition coefficient (Wildman–Crippen LogP) is 1.38. The largest absolute Gasteiger partial charge is 0.396 e. The fourth-order valence-corrected chi connectivity index (χ4v) is 2.65. The van der Waals surface area contributed by atoms with E-state index in [9.17, 15) is 4.79 Å². The summed E-state index contributed by atoms with van der Waals surface area (Å²) >= 11 is 0. The lowest BCUT2D eigenvalue weighted by Crippen LogP contribution is -2.40. The van der Waals surface area contributed by atoms with E-state index in [2.05, 4.69) is 4.98 Å². The molecular formula is C15H23N3O2. The van der Waals surface area contributed by atoms with Gasteiger partial charge in [-0.1, -0.05) is 0 Å². The minimum absolute atomic E-state index is 0.0677. The van der Waals surface area contributed by atoms with E-state index in [1.165, 1.54) is 0 Å². The van der Waals surface area contributed by atoms with Gasteiger partial charge in [0.15, 0.2) is 0 Å². The number of nitrogens with zero attached hydrogens (tertiary/aromatic N) is 3. The molecular weight excluding hydrogens is 254 g/mol. The van der Waals surface area contributed by atoms with E-state index in [0.29, 0.717) is 11.5 Å². The Bertz CT molecular complexity index is 460. The van der Waals surface area contributed by atoms with Crippen molar-refractivity contribution in [1.82, 2.24) is 9.88 Å². The Morgan fingerprint density at radius 2 is 2.35 bits per heavy atom. The summed E-state index contributed by atoms with van der Waals surface area (Å²) in [5.41, 5.74) is 0.688. The molecule has 2 heterocycles. The van der Waals surface area contributed by atoms with E-state index >= 15 is 0 Å². The van der Waals surface area contributed by atoms with Crippen molar-refractivity contribution in [3.63, 3.8) is 0 Å². The lowest BCUT2D eigenvalue weighted by atomic mass is 9.95. The van der Waals surface area contributed by atoms with Crippen LogP contribution in [-0.2, 0) is 0 Å². The third kappa shape index (κ3) is 3.48. The highest BCUT2D eigenvalue weighted by Gasteiger charge is 2.24. The maximum Gasteiger partial charge on any atom is 0.254 e. The Hall–Kier alpha value is -1.62. The van der Waals surface area contributed by atoms with Gasteiger partial charge in [-0.25, -0.2) is 4.98 Å². The molecule has 1 aromatic heterocycles. The second-order valence-corrected chi connectivity index (χ2v) is 5.57. The van der Waals surface area contributed by atoms with E-state index < -0.39 is 0 Å². The topological polar surface area (TPSA) is 56.7 Å². The minimum Gasteiger partial charge on any atom is -0.396 e. The molecule has 1 aliphatic rings. The molecule has 1 saturated heterocycles. The summed E-state index contributed by atoms with van der Waals surface area (Å²) in [7, 11) is 3.82. The minimum atomic E-state index is 0.0677. The molecule has 0 spiro atoms. The lowest BCUT2D eigenvalue weighted by Gasteiger charge is -2.32. The molecule has 1 unspecified atom stereocenters. The smallest absolute Gasteiger partial charge is 0.254 e. The van der Waals surface area contributed by atoms with E-state index in [1.807, 2.05) is 30.0 Å². The molecule has 1 atom stereocenters. The van der Waals surface area contributed by atoms with Crippen LogP contribution in [0.5, 0.6) is 0 Å². The molecule has 0 aromatic carbocycles. The third-order valence-electron chi connectivity index (χ3n) is 3.79. The van der Waals surface area contributed by atoms with Crippen LogP contribution in [0.25, 0.3) is 0 Å². The van der Waals surface area contributed by atoms with Crippen molar-refractivity contribution >= 4 is 11.7 Å². The Morgan fingerprint density at radius 3 is 3.05 bits per heavy atom. The summed E-state index contributed by atoms with van der Waals surface area (Å²) in [6, 6.07) is 3.60. The van der Waals surface area contributed by atoms with Gasteiger partial charge in [0.25, 0.3) is 5.91 Å². The maximum atomic E-state index is 12.5. The second kappa shape index (κ2) is 6.70. The zero-order chi connectivity index (χ0) is 14.5. The number of rotatable bonds is 4. The number of amides is 1. The number of likely N-dealkylation sites (tertiary alicyclic amines) is 1. The summed E-state index contributed by atoms with van der Waals surface area (Å²) in [6.07, 6.45) is 4.58. The van der Waals surface area contributed by atoms with Gasteiger partial charge < -0.3 is 14.9 Å². The number of aliphatic hydroxyl groups is 1. The summed E-state index contributed by atoms with van der Waals surface area (Å²) in [6.45, 7) is 1.76. The molecule has 0 bridgehead atoms. The van der Waals surface area contributed by atoms with Gasteiger partial charge in [-0.3, -0.25) is 4.79 Å². The van der Waals surface area contributed by atoms with Crippen LogP contribution in [0.4, 0.5) is 5.82 Å². The monoisotopic (exact) mass is 277 g/mol. The highest BCUT2D eigenvalue weighted by molar-refractivity contribution is 5.94. The van der Waals surface area contributed by atoms with Crippen LogP contribution in [-0.4, -0.2) is 54.7 Å². The predicted molar refractivity (Wildman–Crippen MR) is 78.9 cm³/mol. The fraction of sp³-hybridized carbons (Fsp3) is 0.600. The third-order valence-corrected chi connectivity index (χ3v) is 3.79. The van der Waals surface area contributed by atoms with Crippen LogP contribution < -0.4 is 4.90 Å². The van der Waals surface area contributed by atoms with E-state index in [0.717, 1.165) is 38.2 Å². The van der Waals surface area contributed by atoms with Gasteiger partial charge in [0, 0.05) is 45.6 Å². The molecule has 2 rings (SSSR count). The highest BCUT2D eigenvalue weighted by Crippen LogP contribution is 2.21. The number of hydrogen-bond acceptors (Lipinski definition) is 4. The van der Waals surface area contributed by atoms with Crippen molar-refractivity contribution < 1.29 is 9.90 Å². The Kier molecular flexibility index (Phi) is 4.95. The molecule has 0 aliphatic carbocycles. The van der Waals surface area contributed by atoms with Crippen molar-refractivity contribution in [2.24, 2.45) is 5.92 Å². The van der Waals surface area contributed by atoms with Crippen molar-refractivity contribution in [3.05, 3.63) is 23.9 Å². The zero-order valence-corrected chi connectivity index (χ0v) is 12.2. The molecule has 1 fully saturated rings. The van der Waals surface area contributed by atoms with Crippen LogP contribution in [0.15, 0.2) is 18.3 Å². The van der Waals surface area contributed by atoms with Crippen molar-refractivity contribution in [2.45, 2.75) is 19.3 Å². The van der Waals surface area contributed by atoms with Crippen LogP contribution in [0, 0.1) is 5.92 Å². The second-order valence-electron chi connectivity index (χ2n) is 5.57. The fourth-order valence-electron chi connectivity index (χ4n) is 2.65. The average molecular weight is 277 g/mol. The molecule has 1 N–H and O–H groups in total. The van der Waals surface area contributed by atoms with E-state index in [-0.39, 0.29) is 12.5 Å². The Morgan fingerprint density at radius 1 is 1.55 bits per heavy atom. The maximum absolute atomic E-state index is 12.5. The summed E-state index contributed by atoms with van der Waals surface area (Å²) < 4.78 is 0. The first kappa shape index (κ1) is 14.8. The lowest BCUT2D eigenvalue weighted by molar-refractivity contribution is 0.0653. The molecule has 5 nitrogen and oxygen atoms in total. The van der Waals surface area contributed by atoms with E-state index in [4.69, 9.17) is 5.11 Å². The van der Waals surface area contributed by atoms with Gasteiger partial charge in [0.05, 0.1) is 0 Å². The zero-order valence-electron chi connectivity index (χ0n) is 12.2. The number of pyridine rings is 1. The first-order chi connectivity index (χ1) is 9.61. The highest BCUT2D eigenvalue weighted by atomic mass is 16.3. The summed E-state index contributed by atoms with van der Waals surface area (Å²) in [5, 5.41) is 9.04. The van der Waals surface area contributed by atoms with Gasteiger partial charge in [-0.2, -0.15) is 0 Å². The molecule has 5 heteroatoms. The number of hydrogen-bond donors (Lipinski definition) is 1. The number of carbonyl (C=O) groups excluding carboxylic acids is 1. The van der Waals surface area contributed by atoms with Gasteiger partial charge in [-0.15, -0.1) is 0 Å². The molecule has 1 aromatic rings. The average Bonchev–Trinajstić information content (AvgIpc) is 2.47. The number of aromatic nitrogens is 1. The Labute approximate surface area is 120 Å².